The zero-order valence-corrected chi connectivity index (χ0v) is 30.0. The first-order chi connectivity index (χ1) is 21.5. The SMILES string of the molecule is CCCCCCCCCCC(CCCCCCCCC(=O)OCC(CCCC)CCCCCC)OC(=O)C1CCN(C)CC1. The van der Waals surface area contributed by atoms with Gasteiger partial charge in [0.25, 0.3) is 0 Å². The number of rotatable bonds is 30. The molecule has 1 fully saturated rings. The second-order valence-corrected chi connectivity index (χ2v) is 14.1. The Morgan fingerprint density at radius 1 is 0.614 bits per heavy atom. The fraction of sp³-hybridized carbons (Fsp3) is 0.949. The molecule has 5 heteroatoms. The van der Waals surface area contributed by atoms with E-state index in [0.29, 0.717) is 18.9 Å². The number of piperidine rings is 1. The number of nitrogens with zero attached hydrogens (tertiary/aromatic N) is 1. The Balaban J connectivity index is 2.23. The van der Waals surface area contributed by atoms with Crippen LogP contribution in [0.2, 0.25) is 0 Å². The minimum Gasteiger partial charge on any atom is -0.465 e. The monoisotopic (exact) mass is 622 g/mol. The molecule has 0 N–H and O–H groups in total. The number of likely N-dealkylation sites (tertiary alicyclic amines) is 1. The molecule has 1 saturated heterocycles. The Morgan fingerprint density at radius 3 is 1.64 bits per heavy atom. The highest BCUT2D eigenvalue weighted by molar-refractivity contribution is 5.72. The Morgan fingerprint density at radius 2 is 1.07 bits per heavy atom. The minimum atomic E-state index is -0.00437. The van der Waals surface area contributed by atoms with Gasteiger partial charge in [0, 0.05) is 6.42 Å². The molecule has 0 aliphatic carbocycles. The van der Waals surface area contributed by atoms with Crippen LogP contribution < -0.4 is 0 Å². The standard InChI is InChI=1S/C39H75NO4/c1-5-8-11-13-14-15-18-22-27-37(44-39(42)36-30-32-40(4)33-31-36)28-23-19-16-17-20-24-29-38(41)43-34-35(25-10-7-3)26-21-12-9-6-2/h35-37H,5-34H2,1-4H3. The van der Waals surface area contributed by atoms with Gasteiger partial charge < -0.3 is 14.4 Å². The van der Waals surface area contributed by atoms with Gasteiger partial charge in [0.1, 0.15) is 6.10 Å². The van der Waals surface area contributed by atoms with E-state index in [2.05, 4.69) is 32.7 Å². The maximum Gasteiger partial charge on any atom is 0.309 e. The van der Waals surface area contributed by atoms with Crippen molar-refractivity contribution in [1.82, 2.24) is 4.90 Å². The molecule has 5 nitrogen and oxygen atoms in total. The van der Waals surface area contributed by atoms with Crippen LogP contribution in [0.4, 0.5) is 0 Å². The molecule has 0 amide bonds. The molecule has 1 heterocycles. The van der Waals surface area contributed by atoms with Crippen LogP contribution in [-0.4, -0.2) is 49.7 Å². The smallest absolute Gasteiger partial charge is 0.309 e. The Kier molecular flexibility index (Phi) is 27.3. The van der Waals surface area contributed by atoms with E-state index in [1.165, 1.54) is 122 Å². The van der Waals surface area contributed by atoms with Crippen molar-refractivity contribution in [1.29, 1.82) is 0 Å². The average molecular weight is 622 g/mol. The maximum absolute atomic E-state index is 12.9. The number of hydrogen-bond donors (Lipinski definition) is 0. The Bertz CT molecular complexity index is 661. The van der Waals surface area contributed by atoms with Gasteiger partial charge in [-0.05, 0) is 83.8 Å². The molecule has 0 spiro atoms. The molecule has 260 valence electrons. The van der Waals surface area contributed by atoms with Crippen molar-refractivity contribution in [2.45, 2.75) is 200 Å². The van der Waals surface area contributed by atoms with Crippen LogP contribution in [0.1, 0.15) is 194 Å². The molecule has 1 rings (SSSR count). The van der Waals surface area contributed by atoms with Gasteiger partial charge in [-0.15, -0.1) is 0 Å². The van der Waals surface area contributed by atoms with Crippen molar-refractivity contribution >= 4 is 11.9 Å². The normalized spacial score (nSPS) is 15.7. The van der Waals surface area contributed by atoms with Gasteiger partial charge in [0.05, 0.1) is 12.5 Å². The minimum absolute atomic E-state index is 0.00437. The third-order valence-corrected chi connectivity index (χ3v) is 9.78. The largest absolute Gasteiger partial charge is 0.465 e. The molecule has 2 unspecified atom stereocenters. The number of carbonyl (C=O) groups excluding carboxylic acids is 2. The Hall–Kier alpha value is -1.10. The maximum atomic E-state index is 12.9. The van der Waals surface area contributed by atoms with Gasteiger partial charge in [-0.2, -0.15) is 0 Å². The summed E-state index contributed by atoms with van der Waals surface area (Å²) in [6, 6.07) is 0. The molecule has 44 heavy (non-hydrogen) atoms. The first kappa shape index (κ1) is 40.9. The lowest BCUT2D eigenvalue weighted by molar-refractivity contribution is -0.156. The molecule has 0 aromatic heterocycles. The van der Waals surface area contributed by atoms with Gasteiger partial charge in [-0.1, -0.05) is 130 Å². The van der Waals surface area contributed by atoms with Gasteiger partial charge in [0.2, 0.25) is 0 Å². The summed E-state index contributed by atoms with van der Waals surface area (Å²) >= 11 is 0. The third-order valence-electron chi connectivity index (χ3n) is 9.78. The van der Waals surface area contributed by atoms with E-state index in [1.807, 2.05) is 0 Å². The molecule has 0 aromatic carbocycles. The first-order valence-corrected chi connectivity index (χ1v) is 19.5. The van der Waals surface area contributed by atoms with E-state index >= 15 is 0 Å². The zero-order chi connectivity index (χ0) is 32.1. The zero-order valence-electron chi connectivity index (χ0n) is 30.0. The summed E-state index contributed by atoms with van der Waals surface area (Å²) in [5.74, 6) is 0.684. The lowest BCUT2D eigenvalue weighted by atomic mass is 9.96. The summed E-state index contributed by atoms with van der Waals surface area (Å²) in [6.07, 6.45) is 31.7. The van der Waals surface area contributed by atoms with E-state index in [1.54, 1.807) is 0 Å². The fourth-order valence-corrected chi connectivity index (χ4v) is 6.57. The molecule has 0 aromatic rings. The van der Waals surface area contributed by atoms with E-state index in [9.17, 15) is 9.59 Å². The number of esters is 2. The van der Waals surface area contributed by atoms with Crippen LogP contribution in [0.3, 0.4) is 0 Å². The molecule has 0 radical (unpaired) electrons. The Labute approximate surface area is 274 Å². The number of carbonyl (C=O) groups is 2. The highest BCUT2D eigenvalue weighted by atomic mass is 16.5. The van der Waals surface area contributed by atoms with Crippen LogP contribution in [0.5, 0.6) is 0 Å². The summed E-state index contributed by atoms with van der Waals surface area (Å²) in [4.78, 5) is 27.6. The second kappa shape index (κ2) is 29.3. The summed E-state index contributed by atoms with van der Waals surface area (Å²) < 4.78 is 11.8. The average Bonchev–Trinajstić information content (AvgIpc) is 3.02. The van der Waals surface area contributed by atoms with Crippen molar-refractivity contribution in [3.8, 4) is 0 Å². The molecule has 1 aliphatic heterocycles. The summed E-state index contributed by atoms with van der Waals surface area (Å²) in [5, 5.41) is 0. The van der Waals surface area contributed by atoms with Crippen LogP contribution >= 0.6 is 0 Å². The first-order valence-electron chi connectivity index (χ1n) is 19.5. The second-order valence-electron chi connectivity index (χ2n) is 14.1. The van der Waals surface area contributed by atoms with Gasteiger partial charge in [-0.25, -0.2) is 0 Å². The highest BCUT2D eigenvalue weighted by Crippen LogP contribution is 2.23. The molecule has 2 atom stereocenters. The molecule has 0 saturated carbocycles. The molecule has 0 bridgehead atoms. The predicted molar refractivity (Wildman–Crippen MR) is 187 cm³/mol. The number of ether oxygens (including phenoxy) is 2. The predicted octanol–water partition coefficient (Wildman–Crippen LogP) is 11.2. The molecular formula is C39H75NO4. The molecule has 1 aliphatic rings. The van der Waals surface area contributed by atoms with Gasteiger partial charge in [0.15, 0.2) is 0 Å². The van der Waals surface area contributed by atoms with Gasteiger partial charge >= 0.3 is 11.9 Å². The van der Waals surface area contributed by atoms with Gasteiger partial charge in [-0.3, -0.25) is 9.59 Å². The summed E-state index contributed by atoms with van der Waals surface area (Å²) in [6.45, 7) is 9.38. The van der Waals surface area contributed by atoms with E-state index in [4.69, 9.17) is 9.47 Å². The van der Waals surface area contributed by atoms with Crippen molar-refractivity contribution < 1.29 is 19.1 Å². The highest BCUT2D eigenvalue weighted by Gasteiger charge is 2.26. The van der Waals surface area contributed by atoms with Crippen molar-refractivity contribution in [2.75, 3.05) is 26.7 Å². The van der Waals surface area contributed by atoms with Crippen LogP contribution in [0, 0.1) is 11.8 Å². The quantitative estimate of drug-likeness (QED) is 0.0590. The van der Waals surface area contributed by atoms with Crippen LogP contribution in [-0.2, 0) is 19.1 Å². The number of unbranched alkanes of at least 4 members (excludes halogenated alkanes) is 16. The van der Waals surface area contributed by atoms with Crippen molar-refractivity contribution in [3.63, 3.8) is 0 Å². The van der Waals surface area contributed by atoms with E-state index in [0.717, 1.165) is 58.0 Å². The van der Waals surface area contributed by atoms with Crippen molar-refractivity contribution in [2.24, 2.45) is 11.8 Å². The third kappa shape index (κ3) is 23.3. The van der Waals surface area contributed by atoms with Crippen molar-refractivity contribution in [3.05, 3.63) is 0 Å². The molecular weight excluding hydrogens is 546 g/mol. The fourth-order valence-electron chi connectivity index (χ4n) is 6.57. The van der Waals surface area contributed by atoms with E-state index in [-0.39, 0.29) is 24.0 Å². The van der Waals surface area contributed by atoms with E-state index < -0.39 is 0 Å². The van der Waals surface area contributed by atoms with Crippen LogP contribution in [0.15, 0.2) is 0 Å². The topological polar surface area (TPSA) is 55.8 Å². The lowest BCUT2D eigenvalue weighted by Crippen LogP contribution is -2.35. The van der Waals surface area contributed by atoms with Crippen LogP contribution in [0.25, 0.3) is 0 Å². The number of hydrogen-bond acceptors (Lipinski definition) is 5. The summed E-state index contributed by atoms with van der Waals surface area (Å²) in [5.41, 5.74) is 0. The lowest BCUT2D eigenvalue weighted by Gasteiger charge is -2.29. The summed E-state index contributed by atoms with van der Waals surface area (Å²) in [7, 11) is 2.14.